The number of ether oxygens (including phenoxy) is 2. The molecule has 0 bridgehead atoms. The number of hydrogen-bond donors (Lipinski definition) is 1. The lowest BCUT2D eigenvalue weighted by Crippen LogP contribution is -2.54. The van der Waals surface area contributed by atoms with Crippen LogP contribution in [0.5, 0.6) is 11.5 Å². The molecule has 2 aromatic rings. The molecule has 0 aliphatic rings. The minimum absolute atomic E-state index is 0.139. The standard InChI is InChI=1S/C26H36N2O4/c1-8-22(25(30)27-26(4,5)6)28(16-20-11-13-21(31-7)14-12-20)24(29)17-32-23-15-18(2)9-10-19(23)3/h9-15,22H,8,16-17H2,1-7H3,(H,27,30)/t22-/m0/s1. The van der Waals surface area contributed by atoms with Crippen molar-refractivity contribution in [1.82, 2.24) is 10.2 Å². The van der Waals surface area contributed by atoms with Crippen LogP contribution in [-0.2, 0) is 16.1 Å². The molecule has 6 nitrogen and oxygen atoms in total. The zero-order chi connectivity index (χ0) is 23.9. The van der Waals surface area contributed by atoms with Gasteiger partial charge in [0, 0.05) is 12.1 Å². The van der Waals surface area contributed by atoms with Crippen LogP contribution < -0.4 is 14.8 Å². The van der Waals surface area contributed by atoms with Crippen molar-refractivity contribution in [3.05, 3.63) is 59.2 Å². The van der Waals surface area contributed by atoms with Crippen molar-refractivity contribution in [1.29, 1.82) is 0 Å². The fourth-order valence-corrected chi connectivity index (χ4v) is 3.39. The van der Waals surface area contributed by atoms with Crippen LogP contribution in [0.3, 0.4) is 0 Å². The Morgan fingerprint density at radius 2 is 1.72 bits per heavy atom. The second-order valence-electron chi connectivity index (χ2n) is 9.09. The average molecular weight is 441 g/mol. The van der Waals surface area contributed by atoms with Crippen molar-refractivity contribution in [2.75, 3.05) is 13.7 Å². The number of rotatable bonds is 9. The van der Waals surface area contributed by atoms with Crippen LogP contribution in [0.25, 0.3) is 0 Å². The number of benzene rings is 2. The first-order valence-electron chi connectivity index (χ1n) is 11.0. The lowest BCUT2D eigenvalue weighted by atomic mass is 10.1. The Hall–Kier alpha value is -3.02. The van der Waals surface area contributed by atoms with Gasteiger partial charge in [-0.3, -0.25) is 9.59 Å². The zero-order valence-corrected chi connectivity index (χ0v) is 20.3. The largest absolute Gasteiger partial charge is 0.497 e. The first kappa shape index (κ1) is 25.2. The van der Waals surface area contributed by atoms with E-state index in [0.29, 0.717) is 18.7 Å². The van der Waals surface area contributed by atoms with Crippen LogP contribution >= 0.6 is 0 Å². The number of carbonyl (C=O) groups is 2. The van der Waals surface area contributed by atoms with E-state index in [1.807, 2.05) is 84.0 Å². The highest BCUT2D eigenvalue weighted by atomic mass is 16.5. The molecule has 1 atom stereocenters. The zero-order valence-electron chi connectivity index (χ0n) is 20.3. The smallest absolute Gasteiger partial charge is 0.261 e. The summed E-state index contributed by atoms with van der Waals surface area (Å²) in [6.07, 6.45) is 0.493. The summed E-state index contributed by atoms with van der Waals surface area (Å²) in [7, 11) is 1.61. The number of nitrogens with zero attached hydrogens (tertiary/aromatic N) is 1. The topological polar surface area (TPSA) is 67.9 Å². The molecule has 2 rings (SSSR count). The van der Waals surface area contributed by atoms with Gasteiger partial charge in [-0.25, -0.2) is 0 Å². The minimum atomic E-state index is -0.606. The van der Waals surface area contributed by atoms with Gasteiger partial charge in [-0.05, 0) is 75.9 Å². The van der Waals surface area contributed by atoms with E-state index < -0.39 is 11.6 Å². The summed E-state index contributed by atoms with van der Waals surface area (Å²) >= 11 is 0. The first-order valence-corrected chi connectivity index (χ1v) is 11.0. The van der Waals surface area contributed by atoms with Gasteiger partial charge in [0.1, 0.15) is 17.5 Å². The SMILES string of the molecule is CC[C@@H](C(=O)NC(C)(C)C)N(Cc1ccc(OC)cc1)C(=O)COc1cc(C)ccc1C. The maximum absolute atomic E-state index is 13.3. The van der Waals surface area contributed by atoms with Gasteiger partial charge in [-0.1, -0.05) is 31.2 Å². The summed E-state index contributed by atoms with van der Waals surface area (Å²) in [6.45, 7) is 11.8. The molecule has 0 fully saturated rings. The monoisotopic (exact) mass is 440 g/mol. The number of methoxy groups -OCH3 is 1. The van der Waals surface area contributed by atoms with E-state index in [1.165, 1.54) is 0 Å². The molecule has 174 valence electrons. The third-order valence-corrected chi connectivity index (χ3v) is 5.09. The van der Waals surface area contributed by atoms with Crippen LogP contribution in [-0.4, -0.2) is 42.0 Å². The molecule has 0 aliphatic carbocycles. The lowest BCUT2D eigenvalue weighted by molar-refractivity contribution is -0.143. The Balaban J connectivity index is 2.26. The number of amides is 2. The second-order valence-corrected chi connectivity index (χ2v) is 9.09. The normalized spacial score (nSPS) is 12.1. The van der Waals surface area contributed by atoms with E-state index in [2.05, 4.69) is 5.32 Å². The fraction of sp³-hybridized carbons (Fsp3) is 0.462. The molecule has 2 aromatic carbocycles. The van der Waals surface area contributed by atoms with Crippen molar-refractivity contribution >= 4 is 11.8 Å². The van der Waals surface area contributed by atoms with E-state index in [4.69, 9.17) is 9.47 Å². The Kier molecular flexibility index (Phi) is 8.70. The van der Waals surface area contributed by atoms with E-state index in [1.54, 1.807) is 12.0 Å². The highest BCUT2D eigenvalue weighted by Gasteiger charge is 2.31. The molecular weight excluding hydrogens is 404 g/mol. The summed E-state index contributed by atoms with van der Waals surface area (Å²) < 4.78 is 11.1. The van der Waals surface area contributed by atoms with Crippen molar-refractivity contribution in [2.24, 2.45) is 0 Å². The lowest BCUT2D eigenvalue weighted by Gasteiger charge is -2.33. The molecule has 32 heavy (non-hydrogen) atoms. The quantitative estimate of drug-likeness (QED) is 0.627. The fourth-order valence-electron chi connectivity index (χ4n) is 3.39. The van der Waals surface area contributed by atoms with Crippen LogP contribution in [0.2, 0.25) is 0 Å². The van der Waals surface area contributed by atoms with Crippen LogP contribution in [0.4, 0.5) is 0 Å². The number of carbonyl (C=O) groups excluding carboxylic acids is 2. The van der Waals surface area contributed by atoms with Gasteiger partial charge in [0.05, 0.1) is 7.11 Å². The summed E-state index contributed by atoms with van der Waals surface area (Å²) in [5.74, 6) is 1.00. The molecule has 0 saturated carbocycles. The summed E-state index contributed by atoms with van der Waals surface area (Å²) in [6, 6.07) is 12.8. The van der Waals surface area contributed by atoms with E-state index in [9.17, 15) is 9.59 Å². The molecule has 6 heteroatoms. The Bertz CT molecular complexity index is 916. The van der Waals surface area contributed by atoms with Crippen molar-refractivity contribution < 1.29 is 19.1 Å². The van der Waals surface area contributed by atoms with Gasteiger partial charge in [0.25, 0.3) is 5.91 Å². The van der Waals surface area contributed by atoms with Gasteiger partial charge in [0.2, 0.25) is 5.91 Å². The predicted octanol–water partition coefficient (Wildman–Crippen LogP) is 4.41. The van der Waals surface area contributed by atoms with Crippen LogP contribution in [0, 0.1) is 13.8 Å². The second kappa shape index (κ2) is 11.0. The molecule has 0 saturated heterocycles. The predicted molar refractivity (Wildman–Crippen MR) is 127 cm³/mol. The van der Waals surface area contributed by atoms with Gasteiger partial charge < -0.3 is 19.7 Å². The maximum atomic E-state index is 13.3. The number of aryl methyl sites for hydroxylation is 2. The van der Waals surface area contributed by atoms with Gasteiger partial charge in [0.15, 0.2) is 6.61 Å². The molecule has 1 N–H and O–H groups in total. The van der Waals surface area contributed by atoms with Crippen molar-refractivity contribution in [3.8, 4) is 11.5 Å². The summed E-state index contributed by atoms with van der Waals surface area (Å²) in [5, 5.41) is 3.01. The van der Waals surface area contributed by atoms with Gasteiger partial charge >= 0.3 is 0 Å². The summed E-state index contributed by atoms with van der Waals surface area (Å²) in [5.41, 5.74) is 2.54. The highest BCUT2D eigenvalue weighted by Crippen LogP contribution is 2.21. The molecule has 0 radical (unpaired) electrons. The Labute approximate surface area is 191 Å². The molecule has 0 aromatic heterocycles. The number of nitrogens with one attached hydrogen (secondary N) is 1. The number of hydrogen-bond acceptors (Lipinski definition) is 4. The highest BCUT2D eigenvalue weighted by molar-refractivity contribution is 5.88. The van der Waals surface area contributed by atoms with Crippen LogP contribution in [0.15, 0.2) is 42.5 Å². The molecule has 0 aliphatic heterocycles. The third-order valence-electron chi connectivity index (χ3n) is 5.09. The molecule has 0 heterocycles. The third kappa shape index (κ3) is 7.29. The summed E-state index contributed by atoms with van der Waals surface area (Å²) in [4.78, 5) is 27.9. The van der Waals surface area contributed by atoms with Gasteiger partial charge in [-0.2, -0.15) is 0 Å². The molecule has 0 spiro atoms. The van der Waals surface area contributed by atoms with Crippen molar-refractivity contribution in [2.45, 2.75) is 66.1 Å². The Morgan fingerprint density at radius 3 is 2.28 bits per heavy atom. The first-order chi connectivity index (χ1) is 15.0. The van der Waals surface area contributed by atoms with E-state index >= 15 is 0 Å². The molecule has 2 amide bonds. The molecule has 0 unspecified atom stereocenters. The minimum Gasteiger partial charge on any atom is -0.497 e. The Morgan fingerprint density at radius 1 is 1.06 bits per heavy atom. The van der Waals surface area contributed by atoms with Crippen molar-refractivity contribution in [3.63, 3.8) is 0 Å². The van der Waals surface area contributed by atoms with E-state index in [0.717, 1.165) is 22.4 Å². The van der Waals surface area contributed by atoms with Gasteiger partial charge in [-0.15, -0.1) is 0 Å². The average Bonchev–Trinajstić information content (AvgIpc) is 2.73. The molecular formula is C26H36N2O4. The maximum Gasteiger partial charge on any atom is 0.261 e. The van der Waals surface area contributed by atoms with Crippen LogP contribution in [0.1, 0.15) is 50.8 Å². The van der Waals surface area contributed by atoms with E-state index in [-0.39, 0.29) is 18.4 Å².